The Hall–Kier alpha value is -1.59. The van der Waals surface area contributed by atoms with Gasteiger partial charge in [-0.3, -0.25) is 0 Å². The number of nitrogens with one attached hydrogen (secondary N) is 2. The van der Waals surface area contributed by atoms with E-state index in [0.29, 0.717) is 5.11 Å². The van der Waals surface area contributed by atoms with Gasteiger partial charge >= 0.3 is 0 Å². The molecule has 0 saturated carbocycles. The van der Waals surface area contributed by atoms with Crippen molar-refractivity contribution >= 4 is 34.8 Å². The van der Waals surface area contributed by atoms with Crippen LogP contribution < -0.4 is 10.6 Å². The van der Waals surface area contributed by atoms with Gasteiger partial charge in [-0.25, -0.2) is 4.39 Å². The molecule has 0 saturated heterocycles. The predicted molar refractivity (Wildman–Crippen MR) is 99.7 cm³/mol. The zero-order valence-electron chi connectivity index (χ0n) is 12.9. The lowest BCUT2D eigenvalue weighted by Gasteiger charge is -2.27. The Balaban J connectivity index is 1.70. The molecule has 0 radical (unpaired) electrons. The molecule has 0 fully saturated rings. The summed E-state index contributed by atoms with van der Waals surface area (Å²) in [5.74, 6) is 0.803. The number of thioether (sulfide) groups is 1. The standard InChI is InChI=1S/C18H19FN2S2/c1-2-12-4-3-5-14(10-12)20-18(22)21-16-8-9-23-17-7-6-13(19)11-15(16)17/h3-7,10-11,16H,2,8-9H2,1H3,(H2,20,21,22)/t16-/m1/s1. The Kier molecular flexibility index (Phi) is 5.18. The van der Waals surface area contributed by atoms with Gasteiger partial charge in [-0.15, -0.1) is 11.8 Å². The monoisotopic (exact) mass is 346 g/mol. The van der Waals surface area contributed by atoms with E-state index in [-0.39, 0.29) is 11.9 Å². The molecule has 2 N–H and O–H groups in total. The number of thiocarbonyl (C=S) groups is 1. The molecule has 1 heterocycles. The van der Waals surface area contributed by atoms with Crippen molar-refractivity contribution in [3.63, 3.8) is 0 Å². The summed E-state index contributed by atoms with van der Waals surface area (Å²) in [5, 5.41) is 7.13. The SMILES string of the molecule is CCc1cccc(NC(=S)N[C@@H]2CCSc3ccc(F)cc32)c1. The molecule has 2 nitrogen and oxygen atoms in total. The largest absolute Gasteiger partial charge is 0.356 e. The minimum Gasteiger partial charge on any atom is -0.356 e. The summed E-state index contributed by atoms with van der Waals surface area (Å²) in [7, 11) is 0. The van der Waals surface area contributed by atoms with Crippen molar-refractivity contribution in [1.29, 1.82) is 0 Å². The Morgan fingerprint density at radius 1 is 1.30 bits per heavy atom. The highest BCUT2D eigenvalue weighted by Gasteiger charge is 2.21. The second-order valence-corrected chi connectivity index (χ2v) is 7.07. The molecule has 0 amide bonds. The van der Waals surface area contributed by atoms with Crippen molar-refractivity contribution in [2.24, 2.45) is 0 Å². The maximum Gasteiger partial charge on any atom is 0.171 e. The van der Waals surface area contributed by atoms with Crippen molar-refractivity contribution in [1.82, 2.24) is 5.32 Å². The van der Waals surface area contributed by atoms with E-state index >= 15 is 0 Å². The van der Waals surface area contributed by atoms with Crippen LogP contribution in [0.3, 0.4) is 0 Å². The van der Waals surface area contributed by atoms with Crippen LogP contribution in [0.2, 0.25) is 0 Å². The molecule has 0 unspecified atom stereocenters. The van der Waals surface area contributed by atoms with Gasteiger partial charge in [-0.2, -0.15) is 0 Å². The van der Waals surface area contributed by atoms with Crippen LogP contribution in [0.4, 0.5) is 10.1 Å². The first-order valence-electron chi connectivity index (χ1n) is 7.74. The van der Waals surface area contributed by atoms with E-state index in [1.54, 1.807) is 17.8 Å². The van der Waals surface area contributed by atoms with E-state index in [2.05, 4.69) is 29.7 Å². The molecular formula is C18H19FN2S2. The number of anilines is 1. The summed E-state index contributed by atoms with van der Waals surface area (Å²) in [6, 6.07) is 13.2. The van der Waals surface area contributed by atoms with Crippen LogP contribution in [0.25, 0.3) is 0 Å². The molecule has 1 atom stereocenters. The number of hydrogen-bond donors (Lipinski definition) is 2. The lowest BCUT2D eigenvalue weighted by Crippen LogP contribution is -2.34. The highest BCUT2D eigenvalue weighted by atomic mass is 32.2. The second-order valence-electron chi connectivity index (χ2n) is 5.52. The highest BCUT2D eigenvalue weighted by Crippen LogP contribution is 2.36. The molecule has 1 aliphatic heterocycles. The molecule has 0 bridgehead atoms. The van der Waals surface area contributed by atoms with Crippen LogP contribution in [-0.2, 0) is 6.42 Å². The molecular weight excluding hydrogens is 327 g/mol. The van der Waals surface area contributed by atoms with E-state index in [1.807, 2.05) is 18.2 Å². The summed E-state index contributed by atoms with van der Waals surface area (Å²) in [6.07, 6.45) is 1.92. The van der Waals surface area contributed by atoms with Gasteiger partial charge in [-0.05, 0) is 66.5 Å². The number of halogens is 1. The lowest BCUT2D eigenvalue weighted by atomic mass is 10.0. The molecule has 0 spiro atoms. The first kappa shape index (κ1) is 16.3. The van der Waals surface area contributed by atoms with E-state index < -0.39 is 0 Å². The van der Waals surface area contributed by atoms with E-state index in [0.717, 1.165) is 34.7 Å². The summed E-state index contributed by atoms with van der Waals surface area (Å²) >= 11 is 7.20. The summed E-state index contributed by atoms with van der Waals surface area (Å²) in [4.78, 5) is 1.13. The Morgan fingerprint density at radius 2 is 2.17 bits per heavy atom. The third-order valence-corrected chi connectivity index (χ3v) is 5.25. The van der Waals surface area contributed by atoms with Gasteiger partial charge in [0.2, 0.25) is 0 Å². The average Bonchev–Trinajstić information content (AvgIpc) is 2.55. The maximum atomic E-state index is 13.6. The van der Waals surface area contributed by atoms with Gasteiger partial charge in [0, 0.05) is 16.3 Å². The summed E-state index contributed by atoms with van der Waals surface area (Å²) in [5.41, 5.74) is 3.23. The number of hydrogen-bond acceptors (Lipinski definition) is 2. The van der Waals surface area contributed by atoms with Crippen LogP contribution in [0.5, 0.6) is 0 Å². The summed E-state index contributed by atoms with van der Waals surface area (Å²) in [6.45, 7) is 2.13. The van der Waals surface area contributed by atoms with Crippen LogP contribution in [0.15, 0.2) is 47.4 Å². The van der Waals surface area contributed by atoms with Crippen molar-refractivity contribution in [3.8, 4) is 0 Å². The van der Waals surface area contributed by atoms with Gasteiger partial charge in [-0.1, -0.05) is 19.1 Å². The molecule has 3 rings (SSSR count). The zero-order chi connectivity index (χ0) is 16.2. The third-order valence-electron chi connectivity index (χ3n) is 3.91. The van der Waals surface area contributed by atoms with E-state index in [4.69, 9.17) is 12.2 Å². The van der Waals surface area contributed by atoms with Gasteiger partial charge < -0.3 is 10.6 Å². The van der Waals surface area contributed by atoms with Crippen LogP contribution >= 0.6 is 24.0 Å². The van der Waals surface area contributed by atoms with Crippen molar-refractivity contribution in [2.45, 2.75) is 30.7 Å². The second kappa shape index (κ2) is 7.32. The van der Waals surface area contributed by atoms with Crippen molar-refractivity contribution < 1.29 is 4.39 Å². The number of fused-ring (bicyclic) bond motifs is 1. The van der Waals surface area contributed by atoms with Gasteiger partial charge in [0.1, 0.15) is 5.82 Å². The molecule has 0 aromatic heterocycles. The van der Waals surface area contributed by atoms with Crippen LogP contribution in [0.1, 0.15) is 30.5 Å². The van der Waals surface area contributed by atoms with Gasteiger partial charge in [0.25, 0.3) is 0 Å². The van der Waals surface area contributed by atoms with Crippen molar-refractivity contribution in [2.75, 3.05) is 11.1 Å². The Morgan fingerprint density at radius 3 is 3.00 bits per heavy atom. The topological polar surface area (TPSA) is 24.1 Å². The Labute approximate surface area is 145 Å². The summed E-state index contributed by atoms with van der Waals surface area (Å²) < 4.78 is 13.6. The van der Waals surface area contributed by atoms with E-state index in [9.17, 15) is 4.39 Å². The lowest BCUT2D eigenvalue weighted by molar-refractivity contribution is 0.587. The number of benzene rings is 2. The van der Waals surface area contributed by atoms with Crippen molar-refractivity contribution in [3.05, 3.63) is 59.4 Å². The fourth-order valence-corrected chi connectivity index (χ4v) is 4.08. The molecule has 1 aliphatic rings. The first-order valence-corrected chi connectivity index (χ1v) is 9.14. The minimum atomic E-state index is -0.201. The molecule has 2 aromatic rings. The van der Waals surface area contributed by atoms with E-state index in [1.165, 1.54) is 11.6 Å². The van der Waals surface area contributed by atoms with Crippen LogP contribution in [-0.4, -0.2) is 10.9 Å². The molecule has 2 aromatic carbocycles. The Bertz CT molecular complexity index is 718. The predicted octanol–water partition coefficient (Wildman–Crippen LogP) is 4.91. The third kappa shape index (κ3) is 4.03. The molecule has 23 heavy (non-hydrogen) atoms. The van der Waals surface area contributed by atoms with Gasteiger partial charge in [0.15, 0.2) is 5.11 Å². The van der Waals surface area contributed by atoms with Crippen LogP contribution in [0, 0.1) is 5.82 Å². The quantitative estimate of drug-likeness (QED) is 0.771. The number of aryl methyl sites for hydroxylation is 1. The fourth-order valence-electron chi connectivity index (χ4n) is 2.71. The first-order chi connectivity index (χ1) is 11.2. The minimum absolute atomic E-state index is 0.0521. The van der Waals surface area contributed by atoms with Gasteiger partial charge in [0.05, 0.1) is 6.04 Å². The zero-order valence-corrected chi connectivity index (χ0v) is 14.6. The highest BCUT2D eigenvalue weighted by molar-refractivity contribution is 7.99. The molecule has 120 valence electrons. The normalized spacial score (nSPS) is 16.5. The average molecular weight is 346 g/mol. The smallest absolute Gasteiger partial charge is 0.171 e. The number of rotatable bonds is 3. The molecule has 0 aliphatic carbocycles. The molecule has 5 heteroatoms. The maximum absolute atomic E-state index is 13.6. The fraction of sp³-hybridized carbons (Fsp3) is 0.278.